The summed E-state index contributed by atoms with van der Waals surface area (Å²) in [5.74, 6) is -1.12. The van der Waals surface area contributed by atoms with Gasteiger partial charge in [0, 0.05) is 13.1 Å². The number of rotatable bonds is 10. The minimum atomic E-state index is -3.82. The van der Waals surface area contributed by atoms with Gasteiger partial charge in [0.05, 0.1) is 17.7 Å². The highest BCUT2D eigenvalue weighted by atomic mass is 32.2. The SMILES string of the molecule is C=CCNC(=O)C(=O)N/N=C/c1ccc(CN(Cc2ccccc2)S(=O)(=O)c2ccc(C)cc2)o1. The number of hydrogen-bond acceptors (Lipinski definition) is 6. The molecule has 3 rings (SSSR count). The maximum atomic E-state index is 13.4. The van der Waals surface area contributed by atoms with Gasteiger partial charge in [-0.2, -0.15) is 9.41 Å². The van der Waals surface area contributed by atoms with Crippen molar-refractivity contribution in [2.24, 2.45) is 5.10 Å². The van der Waals surface area contributed by atoms with E-state index >= 15 is 0 Å². The number of nitrogens with one attached hydrogen (secondary N) is 2. The summed E-state index contributed by atoms with van der Waals surface area (Å²) in [6, 6.07) is 19.1. The van der Waals surface area contributed by atoms with Crippen LogP contribution in [0.5, 0.6) is 0 Å². The average Bonchev–Trinajstić information content (AvgIpc) is 3.30. The number of furan rings is 1. The minimum absolute atomic E-state index is 0.0186. The quantitative estimate of drug-likeness (QED) is 0.194. The van der Waals surface area contributed by atoms with Gasteiger partial charge in [0.15, 0.2) is 0 Å². The lowest BCUT2D eigenvalue weighted by atomic mass is 10.2. The van der Waals surface area contributed by atoms with Crippen LogP contribution in [0.4, 0.5) is 0 Å². The van der Waals surface area contributed by atoms with E-state index in [-0.39, 0.29) is 30.3 Å². The molecule has 0 atom stereocenters. The summed E-state index contributed by atoms with van der Waals surface area (Å²) >= 11 is 0. The highest BCUT2D eigenvalue weighted by molar-refractivity contribution is 7.89. The normalized spacial score (nSPS) is 11.5. The van der Waals surface area contributed by atoms with Crippen molar-refractivity contribution in [3.63, 3.8) is 0 Å². The molecule has 0 fully saturated rings. The van der Waals surface area contributed by atoms with Crippen molar-refractivity contribution in [2.45, 2.75) is 24.9 Å². The molecule has 1 aromatic heterocycles. The second-order valence-corrected chi connectivity index (χ2v) is 9.51. The molecule has 3 aromatic rings. The van der Waals surface area contributed by atoms with Gasteiger partial charge in [-0.25, -0.2) is 13.8 Å². The molecule has 0 aliphatic rings. The summed E-state index contributed by atoms with van der Waals surface area (Å²) in [5.41, 5.74) is 3.88. The first kappa shape index (κ1) is 25.6. The van der Waals surface area contributed by atoms with Crippen molar-refractivity contribution in [2.75, 3.05) is 6.54 Å². The van der Waals surface area contributed by atoms with E-state index in [1.807, 2.05) is 37.3 Å². The molecule has 0 saturated heterocycles. The Bertz CT molecular complexity index is 1300. The van der Waals surface area contributed by atoms with Crippen molar-refractivity contribution in [3.05, 3.63) is 102 Å². The summed E-state index contributed by atoms with van der Waals surface area (Å²) in [6.07, 6.45) is 2.66. The Labute approximate surface area is 204 Å². The number of amides is 2. The van der Waals surface area contributed by atoms with Gasteiger partial charge in [-0.1, -0.05) is 54.1 Å². The van der Waals surface area contributed by atoms with Crippen LogP contribution in [0.15, 0.2) is 93.8 Å². The molecule has 35 heavy (non-hydrogen) atoms. The van der Waals surface area contributed by atoms with E-state index in [1.165, 1.54) is 16.6 Å². The van der Waals surface area contributed by atoms with E-state index in [2.05, 4.69) is 22.4 Å². The van der Waals surface area contributed by atoms with E-state index in [9.17, 15) is 18.0 Å². The minimum Gasteiger partial charge on any atom is -0.459 e. The number of nitrogens with zero attached hydrogens (tertiary/aromatic N) is 2. The molecule has 9 nitrogen and oxygen atoms in total. The van der Waals surface area contributed by atoms with Crippen LogP contribution in [-0.4, -0.2) is 37.3 Å². The van der Waals surface area contributed by atoms with Gasteiger partial charge in [-0.3, -0.25) is 9.59 Å². The first-order chi connectivity index (χ1) is 16.8. The lowest BCUT2D eigenvalue weighted by Gasteiger charge is -2.21. The van der Waals surface area contributed by atoms with Crippen molar-refractivity contribution in [1.29, 1.82) is 0 Å². The zero-order valence-corrected chi connectivity index (χ0v) is 20.0. The van der Waals surface area contributed by atoms with E-state index in [0.717, 1.165) is 11.1 Å². The third kappa shape index (κ3) is 7.23. The van der Waals surface area contributed by atoms with Crippen LogP contribution >= 0.6 is 0 Å². The van der Waals surface area contributed by atoms with Gasteiger partial charge in [0.2, 0.25) is 10.0 Å². The summed E-state index contributed by atoms with van der Waals surface area (Å²) in [6.45, 7) is 5.62. The van der Waals surface area contributed by atoms with Gasteiger partial charge in [-0.05, 0) is 36.8 Å². The molecule has 10 heteroatoms. The van der Waals surface area contributed by atoms with Crippen LogP contribution in [-0.2, 0) is 32.7 Å². The van der Waals surface area contributed by atoms with Crippen molar-refractivity contribution >= 4 is 28.1 Å². The van der Waals surface area contributed by atoms with Crippen LogP contribution in [0, 0.1) is 6.92 Å². The Morgan fingerprint density at radius 1 is 1.00 bits per heavy atom. The highest BCUT2D eigenvalue weighted by Crippen LogP contribution is 2.22. The topological polar surface area (TPSA) is 121 Å². The molecule has 0 radical (unpaired) electrons. The first-order valence-corrected chi connectivity index (χ1v) is 12.1. The number of benzene rings is 2. The van der Waals surface area contributed by atoms with Gasteiger partial charge >= 0.3 is 11.8 Å². The number of hydrogen-bond donors (Lipinski definition) is 2. The van der Waals surface area contributed by atoms with Crippen LogP contribution < -0.4 is 10.7 Å². The van der Waals surface area contributed by atoms with Gasteiger partial charge in [0.25, 0.3) is 0 Å². The predicted molar refractivity (Wildman–Crippen MR) is 132 cm³/mol. The number of carbonyl (C=O) groups excluding carboxylic acids is 2. The average molecular weight is 495 g/mol. The monoisotopic (exact) mass is 494 g/mol. The molecule has 0 unspecified atom stereocenters. The van der Waals surface area contributed by atoms with Crippen LogP contribution in [0.2, 0.25) is 0 Å². The zero-order chi connectivity index (χ0) is 25.3. The fourth-order valence-corrected chi connectivity index (χ4v) is 4.44. The molecule has 2 aromatic carbocycles. The Kier molecular flexibility index (Phi) is 8.71. The molecule has 0 spiro atoms. The van der Waals surface area contributed by atoms with Crippen molar-refractivity contribution < 1.29 is 22.4 Å². The fraction of sp³-hybridized carbons (Fsp3) is 0.160. The second kappa shape index (κ2) is 11.9. The maximum absolute atomic E-state index is 13.4. The molecular formula is C25H26N4O5S. The predicted octanol–water partition coefficient (Wildman–Crippen LogP) is 2.73. The van der Waals surface area contributed by atoms with E-state index in [4.69, 9.17) is 4.42 Å². The van der Waals surface area contributed by atoms with Crippen LogP contribution in [0.3, 0.4) is 0 Å². The summed E-state index contributed by atoms with van der Waals surface area (Å²) in [4.78, 5) is 23.4. The van der Waals surface area contributed by atoms with Gasteiger partial charge < -0.3 is 9.73 Å². The Hall–Kier alpha value is -4.02. The largest absolute Gasteiger partial charge is 0.459 e. The van der Waals surface area contributed by atoms with Gasteiger partial charge in [0.1, 0.15) is 11.5 Å². The molecule has 182 valence electrons. The number of hydrazone groups is 1. The molecule has 2 N–H and O–H groups in total. The molecule has 0 aliphatic heterocycles. The summed E-state index contributed by atoms with van der Waals surface area (Å²) in [7, 11) is -3.82. The molecule has 0 aliphatic carbocycles. The number of aryl methyl sites for hydroxylation is 1. The van der Waals surface area contributed by atoms with E-state index < -0.39 is 21.8 Å². The number of sulfonamides is 1. The van der Waals surface area contributed by atoms with Gasteiger partial charge in [-0.15, -0.1) is 6.58 Å². The zero-order valence-electron chi connectivity index (χ0n) is 19.2. The van der Waals surface area contributed by atoms with E-state index in [1.54, 1.807) is 36.4 Å². The van der Waals surface area contributed by atoms with Crippen LogP contribution in [0.1, 0.15) is 22.6 Å². The molecule has 2 amide bonds. The van der Waals surface area contributed by atoms with Crippen molar-refractivity contribution in [1.82, 2.24) is 15.0 Å². The highest BCUT2D eigenvalue weighted by Gasteiger charge is 2.26. The smallest absolute Gasteiger partial charge is 0.329 e. The lowest BCUT2D eigenvalue weighted by Crippen LogP contribution is -2.37. The standard InChI is InChI=1S/C25H26N4O5S/c1-3-15-26-24(30)25(31)28-27-16-21-11-12-22(34-21)18-29(17-20-7-5-4-6-8-20)35(32,33)23-13-9-19(2)10-14-23/h3-14,16H,1,15,17-18H2,2H3,(H,26,30)(H,28,31)/b27-16+. The molecule has 0 saturated carbocycles. The second-order valence-electron chi connectivity index (χ2n) is 7.57. The summed E-state index contributed by atoms with van der Waals surface area (Å²) < 4.78 is 33.8. The maximum Gasteiger partial charge on any atom is 0.329 e. The lowest BCUT2D eigenvalue weighted by molar-refractivity contribution is -0.139. The fourth-order valence-electron chi connectivity index (χ4n) is 3.05. The van der Waals surface area contributed by atoms with E-state index in [0.29, 0.717) is 5.76 Å². The third-order valence-corrected chi connectivity index (χ3v) is 6.65. The summed E-state index contributed by atoms with van der Waals surface area (Å²) in [5, 5.41) is 6.03. The third-order valence-electron chi connectivity index (χ3n) is 4.85. The Morgan fingerprint density at radius 2 is 1.71 bits per heavy atom. The Morgan fingerprint density at radius 3 is 2.40 bits per heavy atom. The Balaban J connectivity index is 1.75. The number of carbonyl (C=O) groups is 2. The molecule has 0 bridgehead atoms. The molecular weight excluding hydrogens is 468 g/mol. The first-order valence-electron chi connectivity index (χ1n) is 10.7. The van der Waals surface area contributed by atoms with Crippen LogP contribution in [0.25, 0.3) is 0 Å². The molecule has 1 heterocycles. The van der Waals surface area contributed by atoms with Crippen molar-refractivity contribution in [3.8, 4) is 0 Å².